The number of carbonyl (C=O) groups excluding carboxylic acids is 1. The lowest BCUT2D eigenvalue weighted by Crippen LogP contribution is -2.34. The molecule has 5 rings (SSSR count). The van der Waals surface area contributed by atoms with Crippen molar-refractivity contribution < 1.29 is 9.00 Å². The predicted molar refractivity (Wildman–Crippen MR) is 131 cm³/mol. The van der Waals surface area contributed by atoms with Gasteiger partial charge in [-0.05, 0) is 42.5 Å². The van der Waals surface area contributed by atoms with Crippen LogP contribution < -0.4 is 10.0 Å². The van der Waals surface area contributed by atoms with Crippen LogP contribution in [0.1, 0.15) is 53.9 Å². The number of nitrogens with one attached hydrogen (secondary N) is 2. The zero-order valence-electron chi connectivity index (χ0n) is 18.7. The van der Waals surface area contributed by atoms with Gasteiger partial charge in [0.05, 0.1) is 5.69 Å². The summed E-state index contributed by atoms with van der Waals surface area (Å²) >= 11 is -1.55. The van der Waals surface area contributed by atoms with E-state index in [1.807, 2.05) is 12.1 Å². The molecule has 168 valence electrons. The molecule has 1 unspecified atom stereocenters. The van der Waals surface area contributed by atoms with Gasteiger partial charge in [0, 0.05) is 54.9 Å². The topological polar surface area (TPSA) is 66.4 Å². The van der Waals surface area contributed by atoms with E-state index in [9.17, 15) is 9.00 Å². The number of para-hydroxylation sites is 1. The van der Waals surface area contributed by atoms with E-state index >= 15 is 0 Å². The number of hydrogen-bond donors (Lipinski definition) is 2. The highest BCUT2D eigenvalue weighted by atomic mass is 32.2. The number of hydrogen-bond acceptors (Lipinski definition) is 3. The fraction of sp³-hybridized carbons (Fsp3) is 0.400. The Hall–Kier alpha value is -2.64. The molecule has 1 atom stereocenters. The summed E-state index contributed by atoms with van der Waals surface area (Å²) in [4.78, 5) is 12.8. The molecule has 2 aromatic carbocycles. The van der Waals surface area contributed by atoms with Crippen molar-refractivity contribution in [1.82, 2.24) is 13.6 Å². The van der Waals surface area contributed by atoms with Gasteiger partial charge in [-0.15, -0.1) is 0 Å². The van der Waals surface area contributed by atoms with Crippen molar-refractivity contribution in [2.45, 2.75) is 44.6 Å². The highest BCUT2D eigenvalue weighted by Crippen LogP contribution is 2.46. The molecule has 2 heterocycles. The van der Waals surface area contributed by atoms with E-state index in [1.54, 1.807) is 14.1 Å². The summed E-state index contributed by atoms with van der Waals surface area (Å²) in [5, 5.41) is 4.83. The van der Waals surface area contributed by atoms with E-state index in [2.05, 4.69) is 44.9 Å². The zero-order valence-corrected chi connectivity index (χ0v) is 19.5. The Kier molecular flexibility index (Phi) is 5.78. The van der Waals surface area contributed by atoms with Crippen molar-refractivity contribution in [3.05, 3.63) is 53.6 Å². The van der Waals surface area contributed by atoms with E-state index in [-0.39, 0.29) is 5.91 Å². The number of anilines is 1. The van der Waals surface area contributed by atoms with Gasteiger partial charge in [0.1, 0.15) is 0 Å². The van der Waals surface area contributed by atoms with Gasteiger partial charge < -0.3 is 9.88 Å². The SMILES string of the molecule is CN(C)S(=O)NC(=O)c1ccc2c(C3CCCCC3)c3n(c2c1)CCNc1ccccc1-3. The first-order valence-corrected chi connectivity index (χ1v) is 12.5. The van der Waals surface area contributed by atoms with Crippen LogP contribution in [0, 0.1) is 0 Å². The third-order valence-electron chi connectivity index (χ3n) is 6.72. The van der Waals surface area contributed by atoms with Crippen molar-refractivity contribution in [1.29, 1.82) is 0 Å². The van der Waals surface area contributed by atoms with Gasteiger partial charge in [0.15, 0.2) is 11.2 Å². The van der Waals surface area contributed by atoms with Gasteiger partial charge >= 0.3 is 0 Å². The zero-order chi connectivity index (χ0) is 22.2. The molecule has 0 radical (unpaired) electrons. The molecule has 2 N–H and O–H groups in total. The van der Waals surface area contributed by atoms with Crippen LogP contribution in [0.15, 0.2) is 42.5 Å². The maximum absolute atomic E-state index is 12.8. The van der Waals surface area contributed by atoms with Crippen LogP contribution in [0.4, 0.5) is 5.69 Å². The Bertz CT molecular complexity index is 1190. The quantitative estimate of drug-likeness (QED) is 0.608. The normalized spacial score (nSPS) is 17.3. The van der Waals surface area contributed by atoms with Crippen molar-refractivity contribution in [2.24, 2.45) is 0 Å². The number of nitrogens with zero attached hydrogens (tertiary/aromatic N) is 2. The molecule has 1 aromatic heterocycles. The molecule has 0 bridgehead atoms. The van der Waals surface area contributed by atoms with E-state index < -0.39 is 11.2 Å². The maximum atomic E-state index is 12.8. The number of rotatable bonds is 4. The highest BCUT2D eigenvalue weighted by molar-refractivity contribution is 7.81. The Balaban J connectivity index is 1.69. The van der Waals surface area contributed by atoms with E-state index in [0.717, 1.165) is 18.6 Å². The molecule has 7 heteroatoms. The molecule has 1 aliphatic heterocycles. The van der Waals surface area contributed by atoms with Gasteiger partial charge in [-0.1, -0.05) is 43.5 Å². The molecule has 1 saturated carbocycles. The number of aromatic nitrogens is 1. The Morgan fingerprint density at radius 1 is 1.12 bits per heavy atom. The summed E-state index contributed by atoms with van der Waals surface area (Å²) in [6.45, 7) is 1.67. The molecule has 2 aliphatic rings. The lowest BCUT2D eigenvalue weighted by molar-refractivity contribution is 0.0981. The van der Waals surface area contributed by atoms with Crippen LogP contribution in [0.3, 0.4) is 0 Å². The standard InChI is InChI=1S/C25H30N4O2S/c1-28(2)32(31)27-25(30)18-12-13-20-22(16-18)29-15-14-26-21-11-7-6-10-19(21)24(29)23(20)17-8-4-3-5-9-17/h6-7,10-13,16-17,26H,3-5,8-9,14-15H2,1-2H3,(H,27,30). The predicted octanol–water partition coefficient (Wildman–Crippen LogP) is 4.65. The van der Waals surface area contributed by atoms with Crippen LogP contribution in [0.2, 0.25) is 0 Å². The minimum Gasteiger partial charge on any atom is -0.383 e. The first-order chi connectivity index (χ1) is 15.5. The number of benzene rings is 2. The lowest BCUT2D eigenvalue weighted by Gasteiger charge is -2.23. The molecule has 32 heavy (non-hydrogen) atoms. The van der Waals surface area contributed by atoms with Crippen LogP contribution >= 0.6 is 0 Å². The minimum atomic E-state index is -1.55. The Morgan fingerprint density at radius 2 is 1.91 bits per heavy atom. The van der Waals surface area contributed by atoms with Gasteiger partial charge in [-0.2, -0.15) is 0 Å². The Labute approximate surface area is 191 Å². The third-order valence-corrected chi connectivity index (χ3v) is 7.75. The van der Waals surface area contributed by atoms with Crippen molar-refractivity contribution in [2.75, 3.05) is 26.0 Å². The Morgan fingerprint density at radius 3 is 2.69 bits per heavy atom. The summed E-state index contributed by atoms with van der Waals surface area (Å²) in [5.41, 5.74) is 6.75. The number of carbonyl (C=O) groups is 1. The van der Waals surface area contributed by atoms with Gasteiger partial charge in [0.2, 0.25) is 0 Å². The van der Waals surface area contributed by atoms with E-state index in [1.165, 1.54) is 64.3 Å². The van der Waals surface area contributed by atoms with Crippen LogP contribution in [-0.2, 0) is 17.7 Å². The molecular weight excluding hydrogens is 420 g/mol. The van der Waals surface area contributed by atoms with E-state index in [0.29, 0.717) is 11.5 Å². The summed E-state index contributed by atoms with van der Waals surface area (Å²) in [7, 11) is 3.35. The fourth-order valence-corrected chi connectivity index (χ4v) is 5.68. The second-order valence-corrected chi connectivity index (χ2v) is 10.4. The second-order valence-electron chi connectivity index (χ2n) is 8.95. The monoisotopic (exact) mass is 450 g/mol. The van der Waals surface area contributed by atoms with Gasteiger partial charge in [-0.3, -0.25) is 9.52 Å². The first kappa shape index (κ1) is 21.2. The largest absolute Gasteiger partial charge is 0.383 e. The average Bonchev–Trinajstić information content (AvgIpc) is 3.00. The maximum Gasteiger partial charge on any atom is 0.264 e. The van der Waals surface area contributed by atoms with E-state index in [4.69, 9.17) is 0 Å². The average molecular weight is 451 g/mol. The highest BCUT2D eigenvalue weighted by Gasteiger charge is 2.29. The summed E-state index contributed by atoms with van der Waals surface area (Å²) in [6, 6.07) is 14.5. The van der Waals surface area contributed by atoms with Crippen molar-refractivity contribution >= 4 is 33.7 Å². The molecule has 0 saturated heterocycles. The molecule has 6 nitrogen and oxygen atoms in total. The number of amides is 1. The molecule has 1 fully saturated rings. The summed E-state index contributed by atoms with van der Waals surface area (Å²) < 4.78 is 18.5. The molecule has 1 aliphatic carbocycles. The minimum absolute atomic E-state index is 0.319. The fourth-order valence-electron chi connectivity index (χ4n) is 5.22. The van der Waals surface area contributed by atoms with Gasteiger partial charge in [-0.25, -0.2) is 8.51 Å². The summed E-state index contributed by atoms with van der Waals surface area (Å²) in [6.07, 6.45) is 6.29. The molecule has 3 aromatic rings. The van der Waals surface area contributed by atoms with Crippen molar-refractivity contribution in [3.63, 3.8) is 0 Å². The molecular formula is C25H30N4O2S. The smallest absolute Gasteiger partial charge is 0.264 e. The van der Waals surface area contributed by atoms with Crippen LogP contribution in [0.5, 0.6) is 0 Å². The summed E-state index contributed by atoms with van der Waals surface area (Å²) in [5.74, 6) is 0.218. The van der Waals surface area contributed by atoms with Crippen molar-refractivity contribution in [3.8, 4) is 11.3 Å². The number of fused-ring (bicyclic) bond motifs is 5. The molecule has 1 amide bonds. The third kappa shape index (κ3) is 3.73. The van der Waals surface area contributed by atoms with Gasteiger partial charge in [0.25, 0.3) is 5.91 Å². The first-order valence-electron chi connectivity index (χ1n) is 11.4. The molecule has 0 spiro atoms. The second kappa shape index (κ2) is 8.71. The van der Waals surface area contributed by atoms with Crippen LogP contribution in [0.25, 0.3) is 22.2 Å². The van der Waals surface area contributed by atoms with Crippen LogP contribution in [-0.4, -0.2) is 39.6 Å². The lowest BCUT2D eigenvalue weighted by atomic mass is 9.81.